The molecule has 1 amide bonds. The van der Waals surface area contributed by atoms with Crippen molar-refractivity contribution in [1.82, 2.24) is 10.2 Å². The molecule has 0 heterocycles. The predicted octanol–water partition coefficient (Wildman–Crippen LogP) is 0.413. The van der Waals surface area contributed by atoms with E-state index in [0.717, 1.165) is 0 Å². The van der Waals surface area contributed by atoms with Crippen LogP contribution >= 0.6 is 0 Å². The van der Waals surface area contributed by atoms with Gasteiger partial charge in [0, 0.05) is 12.6 Å². The van der Waals surface area contributed by atoms with E-state index in [1.165, 1.54) is 38.2 Å². The average Bonchev–Trinajstić information content (AvgIpc) is 3.30. The minimum absolute atomic E-state index is 0.116. The first-order valence-corrected chi connectivity index (χ1v) is 8.94. The van der Waals surface area contributed by atoms with Crippen molar-refractivity contribution in [2.75, 3.05) is 27.7 Å². The molecule has 0 bridgehead atoms. The highest BCUT2D eigenvalue weighted by atomic mass is 32.2. The Labute approximate surface area is 136 Å². The first kappa shape index (κ1) is 17.7. The van der Waals surface area contributed by atoms with E-state index < -0.39 is 10.0 Å². The van der Waals surface area contributed by atoms with Crippen LogP contribution in [0.4, 0.5) is 0 Å². The van der Waals surface area contributed by atoms with Crippen LogP contribution in [-0.4, -0.2) is 53.0 Å². The molecule has 7 nitrogen and oxygen atoms in total. The van der Waals surface area contributed by atoms with Crippen LogP contribution in [-0.2, 0) is 10.0 Å². The van der Waals surface area contributed by atoms with Gasteiger partial charge in [-0.3, -0.25) is 4.79 Å². The number of nitrogens with two attached hydrogens (primary N) is 1. The Morgan fingerprint density at radius 2 is 2.09 bits per heavy atom. The molecule has 1 aliphatic rings. The zero-order valence-corrected chi connectivity index (χ0v) is 14.4. The first-order chi connectivity index (χ1) is 10.7. The summed E-state index contributed by atoms with van der Waals surface area (Å²) in [5.41, 5.74) is 0.160. The van der Waals surface area contributed by atoms with Crippen LogP contribution in [0.2, 0.25) is 0 Å². The number of carbonyl (C=O) groups is 1. The van der Waals surface area contributed by atoms with Crippen molar-refractivity contribution in [3.05, 3.63) is 23.8 Å². The molecule has 0 aliphatic heterocycles. The van der Waals surface area contributed by atoms with E-state index in [9.17, 15) is 13.2 Å². The molecule has 0 unspecified atom stereocenters. The SMILES string of the molecule is COc1ccc(S(N)(=O)=O)cc1C(=O)NC[C@@H](C1CC1)N(C)C. The number of ether oxygens (including phenoxy) is 1. The van der Waals surface area contributed by atoms with Gasteiger partial charge in [0.1, 0.15) is 5.75 Å². The number of methoxy groups -OCH3 is 1. The van der Waals surface area contributed by atoms with Crippen molar-refractivity contribution in [1.29, 1.82) is 0 Å². The van der Waals surface area contributed by atoms with Crippen molar-refractivity contribution in [3.8, 4) is 5.75 Å². The van der Waals surface area contributed by atoms with Crippen molar-refractivity contribution < 1.29 is 17.9 Å². The predicted molar refractivity (Wildman–Crippen MR) is 86.9 cm³/mol. The van der Waals surface area contributed by atoms with Gasteiger partial charge in [0.2, 0.25) is 10.0 Å². The third-order valence-electron chi connectivity index (χ3n) is 4.05. The molecule has 1 saturated carbocycles. The Bertz CT molecular complexity index is 682. The van der Waals surface area contributed by atoms with E-state index in [1.54, 1.807) is 0 Å². The number of nitrogens with zero attached hydrogens (tertiary/aromatic N) is 1. The molecule has 0 spiro atoms. The summed E-state index contributed by atoms with van der Waals surface area (Å²) in [5.74, 6) is 0.533. The van der Waals surface area contributed by atoms with Gasteiger partial charge in [-0.25, -0.2) is 13.6 Å². The topological polar surface area (TPSA) is 102 Å². The fourth-order valence-electron chi connectivity index (χ4n) is 2.59. The average molecular weight is 341 g/mol. The number of likely N-dealkylation sites (N-methyl/N-ethyl adjacent to an activating group) is 1. The Morgan fingerprint density at radius 1 is 1.43 bits per heavy atom. The second-order valence-electron chi connectivity index (χ2n) is 5.99. The van der Waals surface area contributed by atoms with Crippen LogP contribution in [0.15, 0.2) is 23.1 Å². The Hall–Kier alpha value is -1.64. The van der Waals surface area contributed by atoms with Gasteiger partial charge >= 0.3 is 0 Å². The molecule has 128 valence electrons. The molecule has 3 N–H and O–H groups in total. The lowest BCUT2D eigenvalue weighted by Crippen LogP contribution is -2.41. The third kappa shape index (κ3) is 4.43. The molecular weight excluding hydrogens is 318 g/mol. The van der Waals surface area contributed by atoms with Gasteiger partial charge in [-0.2, -0.15) is 0 Å². The molecule has 8 heteroatoms. The summed E-state index contributed by atoms with van der Waals surface area (Å²) in [4.78, 5) is 14.4. The van der Waals surface area contributed by atoms with Gasteiger partial charge in [-0.05, 0) is 51.1 Å². The molecule has 23 heavy (non-hydrogen) atoms. The third-order valence-corrected chi connectivity index (χ3v) is 4.96. The molecule has 0 radical (unpaired) electrons. The lowest BCUT2D eigenvalue weighted by atomic mass is 10.1. The highest BCUT2D eigenvalue weighted by Gasteiger charge is 2.32. The number of hydrogen-bond donors (Lipinski definition) is 2. The summed E-state index contributed by atoms with van der Waals surface area (Å²) < 4.78 is 28.1. The molecule has 0 saturated heterocycles. The van der Waals surface area contributed by atoms with Crippen molar-refractivity contribution in [3.63, 3.8) is 0 Å². The molecule has 1 aliphatic carbocycles. The summed E-state index contributed by atoms with van der Waals surface area (Å²) in [6, 6.07) is 4.26. The number of hydrogen-bond acceptors (Lipinski definition) is 5. The zero-order valence-electron chi connectivity index (χ0n) is 13.6. The van der Waals surface area contributed by atoms with E-state index in [1.807, 2.05) is 14.1 Å². The van der Waals surface area contributed by atoms with Gasteiger partial charge in [-0.15, -0.1) is 0 Å². The number of nitrogens with one attached hydrogen (secondary N) is 1. The zero-order chi connectivity index (χ0) is 17.2. The minimum Gasteiger partial charge on any atom is -0.496 e. The summed E-state index contributed by atoms with van der Waals surface area (Å²) >= 11 is 0. The van der Waals surface area contributed by atoms with Crippen molar-refractivity contribution in [2.45, 2.75) is 23.8 Å². The lowest BCUT2D eigenvalue weighted by molar-refractivity contribution is 0.0935. The first-order valence-electron chi connectivity index (χ1n) is 7.39. The number of rotatable bonds is 7. The summed E-state index contributed by atoms with van der Waals surface area (Å²) in [5, 5.41) is 7.98. The van der Waals surface area contributed by atoms with Crippen molar-refractivity contribution in [2.24, 2.45) is 11.1 Å². The quantitative estimate of drug-likeness (QED) is 0.748. The van der Waals surface area contributed by atoms with Gasteiger partial charge in [0.15, 0.2) is 0 Å². The largest absolute Gasteiger partial charge is 0.496 e. The molecular formula is C15H23N3O4S. The van der Waals surface area contributed by atoms with Crippen LogP contribution in [0.25, 0.3) is 0 Å². The number of amides is 1. The smallest absolute Gasteiger partial charge is 0.255 e. The van der Waals surface area contributed by atoms with Crippen LogP contribution < -0.4 is 15.2 Å². The van der Waals surface area contributed by atoms with Gasteiger partial charge in [0.05, 0.1) is 17.6 Å². The highest BCUT2D eigenvalue weighted by Crippen LogP contribution is 2.34. The normalized spacial score (nSPS) is 16.2. The maximum atomic E-state index is 12.4. The monoisotopic (exact) mass is 341 g/mol. The van der Waals surface area contributed by atoms with E-state index in [-0.39, 0.29) is 22.4 Å². The van der Waals surface area contributed by atoms with Gasteiger partial charge in [0.25, 0.3) is 5.91 Å². The molecule has 0 aromatic heterocycles. The molecule has 2 rings (SSSR count). The highest BCUT2D eigenvalue weighted by molar-refractivity contribution is 7.89. The van der Waals surface area contributed by atoms with E-state index in [0.29, 0.717) is 18.2 Å². The number of primary sulfonamides is 1. The Kier molecular flexibility index (Phi) is 5.28. The molecule has 1 fully saturated rings. The van der Waals surface area contributed by atoms with Crippen LogP contribution in [0.3, 0.4) is 0 Å². The van der Waals surface area contributed by atoms with E-state index in [4.69, 9.17) is 9.88 Å². The number of benzene rings is 1. The van der Waals surface area contributed by atoms with Crippen molar-refractivity contribution >= 4 is 15.9 Å². The van der Waals surface area contributed by atoms with E-state index >= 15 is 0 Å². The fraction of sp³-hybridized carbons (Fsp3) is 0.533. The van der Waals surface area contributed by atoms with Gasteiger partial charge < -0.3 is 15.0 Å². The maximum absolute atomic E-state index is 12.4. The summed E-state index contributed by atoms with van der Waals surface area (Å²) in [7, 11) is 1.52. The van der Waals surface area contributed by atoms with Crippen LogP contribution in [0, 0.1) is 5.92 Å². The standard InChI is InChI=1S/C15H23N3O4S/c1-18(2)13(10-4-5-10)9-17-15(19)12-8-11(23(16,20)21)6-7-14(12)22-3/h6-8,10,13H,4-5,9H2,1-3H3,(H,17,19)(H2,16,20,21)/t13-/m0/s1. The van der Waals surface area contributed by atoms with Crippen LogP contribution in [0.5, 0.6) is 5.75 Å². The fourth-order valence-corrected chi connectivity index (χ4v) is 3.13. The second-order valence-corrected chi connectivity index (χ2v) is 7.55. The lowest BCUT2D eigenvalue weighted by Gasteiger charge is -2.24. The van der Waals surface area contributed by atoms with Crippen LogP contribution in [0.1, 0.15) is 23.2 Å². The molecule has 1 aromatic carbocycles. The Balaban J connectivity index is 2.17. The Morgan fingerprint density at radius 3 is 2.57 bits per heavy atom. The summed E-state index contributed by atoms with van der Waals surface area (Å²) in [6.07, 6.45) is 2.34. The molecule has 1 atom stereocenters. The second kappa shape index (κ2) is 6.86. The summed E-state index contributed by atoms with van der Waals surface area (Å²) in [6.45, 7) is 0.499. The van der Waals surface area contributed by atoms with E-state index in [2.05, 4.69) is 10.2 Å². The number of carbonyl (C=O) groups excluding carboxylic acids is 1. The number of sulfonamides is 1. The minimum atomic E-state index is -3.88. The molecule has 1 aromatic rings. The van der Waals surface area contributed by atoms with Gasteiger partial charge in [-0.1, -0.05) is 0 Å². The maximum Gasteiger partial charge on any atom is 0.255 e.